The Morgan fingerprint density at radius 3 is 2.59 bits per heavy atom. The van der Waals surface area contributed by atoms with Gasteiger partial charge in [0.2, 0.25) is 5.91 Å². The molecule has 114 valence electrons. The van der Waals surface area contributed by atoms with Gasteiger partial charge in [-0.05, 0) is 50.5 Å². The third-order valence-corrected chi connectivity index (χ3v) is 5.27. The molecular formula is C19H21NOS. The lowest BCUT2D eigenvalue weighted by Crippen LogP contribution is -2.35. The smallest absolute Gasteiger partial charge is 0.227 e. The number of amides is 1. The van der Waals surface area contributed by atoms with E-state index in [1.807, 2.05) is 17.0 Å². The van der Waals surface area contributed by atoms with Crippen molar-refractivity contribution in [3.05, 3.63) is 53.6 Å². The van der Waals surface area contributed by atoms with Gasteiger partial charge in [-0.1, -0.05) is 41.6 Å². The van der Waals surface area contributed by atoms with Gasteiger partial charge in [0.1, 0.15) is 0 Å². The highest BCUT2D eigenvalue weighted by molar-refractivity contribution is 7.99. The molecule has 3 heteroatoms. The molecule has 1 fully saturated rings. The summed E-state index contributed by atoms with van der Waals surface area (Å²) in [6.45, 7) is 5.09. The molecule has 1 aliphatic rings. The number of hydrogen-bond acceptors (Lipinski definition) is 2. The lowest BCUT2D eigenvalue weighted by molar-refractivity contribution is -0.119. The van der Waals surface area contributed by atoms with Crippen LogP contribution in [0.1, 0.15) is 30.4 Å². The molecule has 0 N–H and O–H groups in total. The third-order valence-electron chi connectivity index (χ3n) is 4.03. The minimum absolute atomic E-state index is 0.250. The van der Waals surface area contributed by atoms with E-state index in [2.05, 4.69) is 44.2 Å². The Morgan fingerprint density at radius 2 is 1.82 bits per heavy atom. The second kappa shape index (κ2) is 6.57. The Balaban J connectivity index is 1.92. The number of hydrogen-bond donors (Lipinski definition) is 0. The molecule has 0 spiro atoms. The van der Waals surface area contributed by atoms with Crippen molar-refractivity contribution in [2.24, 2.45) is 0 Å². The number of carbonyl (C=O) groups excluding carboxylic acids is 1. The molecule has 0 aromatic heterocycles. The van der Waals surface area contributed by atoms with E-state index >= 15 is 0 Å². The first-order valence-electron chi connectivity index (χ1n) is 7.79. The van der Waals surface area contributed by atoms with Crippen LogP contribution >= 0.6 is 11.8 Å². The Hall–Kier alpha value is -1.74. The first-order chi connectivity index (χ1) is 10.6. The van der Waals surface area contributed by atoms with E-state index in [4.69, 9.17) is 0 Å². The highest BCUT2D eigenvalue weighted by Gasteiger charge is 2.22. The highest BCUT2D eigenvalue weighted by atomic mass is 32.2. The quantitative estimate of drug-likeness (QED) is 0.797. The fraction of sp³-hybridized carbons (Fsp3) is 0.316. The van der Waals surface area contributed by atoms with E-state index in [9.17, 15) is 4.79 Å². The largest absolute Gasteiger partial charge is 0.311 e. The molecule has 0 radical (unpaired) electrons. The number of carbonyl (C=O) groups is 1. The second-order valence-electron chi connectivity index (χ2n) is 5.84. The molecule has 0 saturated carbocycles. The Morgan fingerprint density at radius 1 is 1.00 bits per heavy atom. The van der Waals surface area contributed by atoms with Crippen LogP contribution in [0.15, 0.2) is 52.3 Å². The fourth-order valence-electron chi connectivity index (χ4n) is 2.86. The van der Waals surface area contributed by atoms with Crippen LogP contribution in [0.25, 0.3) is 0 Å². The summed E-state index contributed by atoms with van der Waals surface area (Å²) >= 11 is 1.75. The molecule has 0 aliphatic carbocycles. The van der Waals surface area contributed by atoms with Crippen LogP contribution in [0.5, 0.6) is 0 Å². The summed E-state index contributed by atoms with van der Waals surface area (Å²) in [5.41, 5.74) is 3.61. The molecule has 3 rings (SSSR count). The number of nitrogens with zero attached hydrogens (tertiary/aromatic N) is 1. The molecule has 1 amide bonds. The molecule has 2 nitrogen and oxygen atoms in total. The van der Waals surface area contributed by atoms with Gasteiger partial charge in [0.15, 0.2) is 0 Å². The highest BCUT2D eigenvalue weighted by Crippen LogP contribution is 2.38. The fourth-order valence-corrected chi connectivity index (χ4v) is 3.88. The van der Waals surface area contributed by atoms with Crippen molar-refractivity contribution in [2.45, 2.75) is 42.9 Å². The number of anilines is 1. The van der Waals surface area contributed by atoms with Gasteiger partial charge in [0, 0.05) is 22.8 Å². The number of piperidine rings is 1. The van der Waals surface area contributed by atoms with Gasteiger partial charge in [-0.3, -0.25) is 4.79 Å². The van der Waals surface area contributed by atoms with Gasteiger partial charge < -0.3 is 4.90 Å². The molecule has 0 bridgehead atoms. The Labute approximate surface area is 136 Å². The summed E-state index contributed by atoms with van der Waals surface area (Å²) in [5, 5.41) is 0. The standard InChI is InChI=1S/C19H21NOS/c1-14-10-11-17(15(2)13-14)22-18-8-4-3-7-16(18)20-12-6-5-9-19(20)21/h3-4,7-8,10-11,13H,5-6,9,12H2,1-2H3. The van der Waals surface area contributed by atoms with Crippen molar-refractivity contribution >= 4 is 23.4 Å². The zero-order valence-corrected chi connectivity index (χ0v) is 14.0. The number of para-hydroxylation sites is 1. The van der Waals surface area contributed by atoms with E-state index in [-0.39, 0.29) is 5.91 Å². The van der Waals surface area contributed by atoms with Crippen LogP contribution in [-0.2, 0) is 4.79 Å². The summed E-state index contributed by atoms with van der Waals surface area (Å²) in [6.07, 6.45) is 2.78. The van der Waals surface area contributed by atoms with Crippen molar-refractivity contribution in [3.8, 4) is 0 Å². The maximum atomic E-state index is 12.2. The average Bonchev–Trinajstić information content (AvgIpc) is 2.51. The van der Waals surface area contributed by atoms with E-state index in [1.165, 1.54) is 16.0 Å². The lowest BCUT2D eigenvalue weighted by Gasteiger charge is -2.28. The first-order valence-corrected chi connectivity index (χ1v) is 8.61. The van der Waals surface area contributed by atoms with Crippen molar-refractivity contribution < 1.29 is 4.79 Å². The van der Waals surface area contributed by atoms with Gasteiger partial charge in [0.25, 0.3) is 0 Å². The van der Waals surface area contributed by atoms with Crippen LogP contribution in [0, 0.1) is 13.8 Å². The number of rotatable bonds is 3. The molecule has 2 aromatic carbocycles. The summed E-state index contributed by atoms with van der Waals surface area (Å²) in [6, 6.07) is 14.8. The van der Waals surface area contributed by atoms with Gasteiger partial charge in [0.05, 0.1) is 5.69 Å². The van der Waals surface area contributed by atoms with Crippen LogP contribution in [0.3, 0.4) is 0 Å². The minimum Gasteiger partial charge on any atom is -0.311 e. The Bertz CT molecular complexity index is 696. The molecule has 0 atom stereocenters. The monoisotopic (exact) mass is 311 g/mol. The van der Waals surface area contributed by atoms with Crippen molar-refractivity contribution in [3.63, 3.8) is 0 Å². The lowest BCUT2D eigenvalue weighted by atomic mass is 10.1. The number of aryl methyl sites for hydroxylation is 2. The SMILES string of the molecule is Cc1ccc(Sc2ccccc2N2CCCCC2=O)c(C)c1. The normalized spacial score (nSPS) is 15.2. The van der Waals surface area contributed by atoms with Gasteiger partial charge in [-0.15, -0.1) is 0 Å². The predicted octanol–water partition coefficient (Wildman–Crippen LogP) is 4.97. The summed E-state index contributed by atoms with van der Waals surface area (Å²) < 4.78 is 0. The zero-order valence-electron chi connectivity index (χ0n) is 13.1. The number of benzene rings is 2. The molecule has 1 aliphatic heterocycles. The molecule has 0 unspecified atom stereocenters. The van der Waals surface area contributed by atoms with Gasteiger partial charge in [-0.2, -0.15) is 0 Å². The molecule has 2 aromatic rings. The predicted molar refractivity (Wildman–Crippen MR) is 92.7 cm³/mol. The van der Waals surface area contributed by atoms with E-state index in [0.29, 0.717) is 6.42 Å². The molecule has 1 saturated heterocycles. The molecule has 22 heavy (non-hydrogen) atoms. The summed E-state index contributed by atoms with van der Waals surface area (Å²) in [4.78, 5) is 16.6. The topological polar surface area (TPSA) is 20.3 Å². The Kier molecular flexibility index (Phi) is 4.53. The van der Waals surface area contributed by atoms with Crippen LogP contribution in [-0.4, -0.2) is 12.5 Å². The van der Waals surface area contributed by atoms with Crippen molar-refractivity contribution in [1.82, 2.24) is 0 Å². The van der Waals surface area contributed by atoms with E-state index in [0.717, 1.165) is 30.0 Å². The third kappa shape index (κ3) is 3.20. The molecular weight excluding hydrogens is 290 g/mol. The zero-order chi connectivity index (χ0) is 15.5. The first kappa shape index (κ1) is 15.2. The maximum absolute atomic E-state index is 12.2. The van der Waals surface area contributed by atoms with E-state index in [1.54, 1.807) is 11.8 Å². The van der Waals surface area contributed by atoms with E-state index < -0.39 is 0 Å². The van der Waals surface area contributed by atoms with Crippen LogP contribution in [0.2, 0.25) is 0 Å². The van der Waals surface area contributed by atoms with Crippen molar-refractivity contribution in [2.75, 3.05) is 11.4 Å². The van der Waals surface area contributed by atoms with Crippen LogP contribution < -0.4 is 4.90 Å². The van der Waals surface area contributed by atoms with Gasteiger partial charge >= 0.3 is 0 Å². The van der Waals surface area contributed by atoms with Gasteiger partial charge in [-0.25, -0.2) is 0 Å². The summed E-state index contributed by atoms with van der Waals surface area (Å²) in [7, 11) is 0. The second-order valence-corrected chi connectivity index (χ2v) is 6.92. The minimum atomic E-state index is 0.250. The summed E-state index contributed by atoms with van der Waals surface area (Å²) in [5.74, 6) is 0.250. The van der Waals surface area contributed by atoms with Crippen LogP contribution in [0.4, 0.5) is 5.69 Å². The maximum Gasteiger partial charge on any atom is 0.227 e. The molecule has 1 heterocycles. The average molecular weight is 311 g/mol. The van der Waals surface area contributed by atoms with Crippen molar-refractivity contribution in [1.29, 1.82) is 0 Å².